The van der Waals surface area contributed by atoms with Gasteiger partial charge < -0.3 is 27.4 Å². The van der Waals surface area contributed by atoms with Crippen LogP contribution in [0, 0.1) is 0 Å². The van der Waals surface area contributed by atoms with Crippen molar-refractivity contribution in [3.05, 3.63) is 328 Å². The first-order valence-corrected chi connectivity index (χ1v) is 32.9. The minimum atomic E-state index is 0.853. The number of benzene rings is 15. The van der Waals surface area contributed by atoms with Gasteiger partial charge in [-0.25, -0.2) is 0 Å². The van der Waals surface area contributed by atoms with Crippen molar-refractivity contribution < 1.29 is 8.83 Å². The summed E-state index contributed by atoms with van der Waals surface area (Å²) in [6.45, 7) is 0. The fourth-order valence-electron chi connectivity index (χ4n) is 16.3. The number of aromatic nitrogens is 2. The summed E-state index contributed by atoms with van der Waals surface area (Å²) in [6, 6.07) is 119. The molecular formula is C90H54N4O2. The molecule has 0 saturated carbocycles. The molecule has 0 bridgehead atoms. The van der Waals surface area contributed by atoms with Crippen molar-refractivity contribution in [1.29, 1.82) is 0 Å². The lowest BCUT2D eigenvalue weighted by Gasteiger charge is -2.26. The van der Waals surface area contributed by atoms with Crippen molar-refractivity contribution in [2.45, 2.75) is 0 Å². The van der Waals surface area contributed by atoms with Gasteiger partial charge in [0.05, 0.1) is 44.5 Å². The molecule has 0 aliphatic carbocycles. The van der Waals surface area contributed by atoms with Crippen LogP contribution >= 0.6 is 0 Å². The summed E-state index contributed by atoms with van der Waals surface area (Å²) in [5.41, 5.74) is 26.0. The molecule has 6 heterocycles. The molecule has 0 N–H and O–H groups in total. The van der Waals surface area contributed by atoms with Crippen molar-refractivity contribution >= 4 is 154 Å². The topological polar surface area (TPSA) is 41.6 Å². The maximum absolute atomic E-state index is 6.73. The number of hydrogen-bond donors (Lipinski definition) is 0. The first-order chi connectivity index (χ1) is 47.7. The molecule has 0 unspecified atom stereocenters. The van der Waals surface area contributed by atoms with E-state index in [1.807, 2.05) is 12.1 Å². The van der Waals surface area contributed by atoms with Crippen LogP contribution in [-0.4, -0.2) is 8.80 Å². The van der Waals surface area contributed by atoms with E-state index in [0.717, 1.165) is 111 Å². The van der Waals surface area contributed by atoms with E-state index in [1.165, 1.54) is 87.4 Å². The maximum atomic E-state index is 6.73. The van der Waals surface area contributed by atoms with Crippen LogP contribution in [0.2, 0.25) is 0 Å². The molecule has 6 heteroatoms. The largest absolute Gasteiger partial charge is 0.454 e. The van der Waals surface area contributed by atoms with Crippen LogP contribution in [0.5, 0.6) is 0 Å². The molecule has 96 heavy (non-hydrogen) atoms. The minimum absolute atomic E-state index is 0.853. The first kappa shape index (κ1) is 52.7. The van der Waals surface area contributed by atoms with E-state index in [1.54, 1.807) is 0 Å². The molecule has 0 amide bonds. The van der Waals surface area contributed by atoms with E-state index >= 15 is 0 Å². The lowest BCUT2D eigenvalue weighted by atomic mass is 9.89. The highest BCUT2D eigenvalue weighted by atomic mass is 16.3. The predicted octanol–water partition coefficient (Wildman–Crippen LogP) is 25.4. The third-order valence-corrected chi connectivity index (χ3v) is 20.3. The molecule has 0 aliphatic heterocycles. The van der Waals surface area contributed by atoms with Crippen LogP contribution in [0.1, 0.15) is 0 Å². The Labute approximate surface area is 550 Å². The number of rotatable bonds is 10. The van der Waals surface area contributed by atoms with Crippen LogP contribution < -0.4 is 9.80 Å². The molecule has 21 rings (SSSR count). The minimum Gasteiger partial charge on any atom is -0.454 e. The standard InChI is InChI=1S/C90H54N4O2/c1-5-23-55(24-6-1)81-83-73-41-19-37-69-66-50-48-60(58-28-18-34-64(52-58)92(62-31-11-4-12-32-62)76-44-22-40-72-68-36-14-16-46-80(68)96-90(72)76)54-78(66)94(85(69)73)88(83)82(56-25-7-2-8-26-56)84-74-42-20-38-70-65-49-47-59(53-77(65)93(86(70)74)87(81)84)57-27-17-33-63(51-57)91(61-29-9-3-10-30-61)75-43-21-39-71-67-35-13-15-45-79(67)95-89(71)75/h1-54H. The summed E-state index contributed by atoms with van der Waals surface area (Å²) in [5, 5.41) is 14.2. The van der Waals surface area contributed by atoms with Crippen molar-refractivity contribution in [2.24, 2.45) is 0 Å². The van der Waals surface area contributed by atoms with E-state index in [9.17, 15) is 0 Å². The van der Waals surface area contributed by atoms with Gasteiger partial charge >= 0.3 is 0 Å². The molecule has 0 saturated heterocycles. The second-order valence-corrected chi connectivity index (χ2v) is 25.4. The highest BCUT2D eigenvalue weighted by Gasteiger charge is 2.32. The third kappa shape index (κ3) is 7.52. The van der Waals surface area contributed by atoms with E-state index in [4.69, 9.17) is 8.83 Å². The molecule has 446 valence electrons. The number of furan rings is 2. The fourth-order valence-corrected chi connectivity index (χ4v) is 16.3. The quantitative estimate of drug-likeness (QED) is 0.137. The summed E-state index contributed by atoms with van der Waals surface area (Å²) < 4.78 is 18.7. The Morgan fingerprint density at radius 3 is 1.00 bits per heavy atom. The molecule has 0 spiro atoms. The normalized spacial score (nSPS) is 12.2. The molecule has 0 aliphatic rings. The van der Waals surface area contributed by atoms with Crippen LogP contribution in [0.15, 0.2) is 336 Å². The number of fused-ring (bicyclic) bond motifs is 18. The second kappa shape index (κ2) is 20.3. The second-order valence-electron chi connectivity index (χ2n) is 25.4. The van der Waals surface area contributed by atoms with Crippen LogP contribution in [0.25, 0.3) is 165 Å². The monoisotopic (exact) mass is 1220 g/mol. The highest BCUT2D eigenvalue weighted by molar-refractivity contribution is 6.38. The van der Waals surface area contributed by atoms with E-state index in [0.29, 0.717) is 0 Å². The Morgan fingerprint density at radius 1 is 0.219 bits per heavy atom. The SMILES string of the molecule is c1ccc(-c2c3c4cccc5c6ccc(-c7cccc(N(c8ccccc8)c8cccc9c8oc8ccccc89)c7)cc6n(c3c(-c3ccccc3)c3c6cccc7c8ccc(-c9cccc(N(c%10ccccc%10)c%10cccc%11c%10oc%10ccccc%10%11)c9)cc8n(c23)c76)c54)cc1. The smallest absolute Gasteiger partial charge is 0.159 e. The number of para-hydroxylation sites is 8. The van der Waals surface area contributed by atoms with Crippen LogP contribution in [-0.2, 0) is 0 Å². The van der Waals surface area contributed by atoms with Crippen LogP contribution in [0.3, 0.4) is 0 Å². The average molecular weight is 1220 g/mol. The molecule has 0 atom stereocenters. The molecule has 6 aromatic heterocycles. The van der Waals surface area contributed by atoms with Crippen molar-refractivity contribution in [3.63, 3.8) is 0 Å². The Bertz CT molecular complexity index is 6290. The summed E-state index contributed by atoms with van der Waals surface area (Å²) >= 11 is 0. The van der Waals surface area contributed by atoms with Gasteiger partial charge in [0.15, 0.2) is 11.2 Å². The summed E-state index contributed by atoms with van der Waals surface area (Å²) in [7, 11) is 0. The Hall–Kier alpha value is -12.9. The van der Waals surface area contributed by atoms with Crippen molar-refractivity contribution in [2.75, 3.05) is 9.80 Å². The zero-order valence-electron chi connectivity index (χ0n) is 51.8. The van der Waals surface area contributed by atoms with E-state index < -0.39 is 0 Å². The molecule has 6 nitrogen and oxygen atoms in total. The predicted molar refractivity (Wildman–Crippen MR) is 401 cm³/mol. The Balaban J connectivity index is 0.805. The highest BCUT2D eigenvalue weighted by Crippen LogP contribution is 2.55. The zero-order valence-corrected chi connectivity index (χ0v) is 51.8. The summed E-state index contributed by atoms with van der Waals surface area (Å²) in [6.07, 6.45) is 0. The lowest BCUT2D eigenvalue weighted by molar-refractivity contribution is 0.668. The Kier molecular flexibility index (Phi) is 11.1. The van der Waals surface area contributed by atoms with Gasteiger partial charge in [0, 0.05) is 98.5 Å². The van der Waals surface area contributed by atoms with Crippen molar-refractivity contribution in [1.82, 2.24) is 8.80 Å². The number of hydrogen-bond acceptors (Lipinski definition) is 4. The molecule has 21 aromatic rings. The zero-order chi connectivity index (χ0) is 62.7. The van der Waals surface area contributed by atoms with Gasteiger partial charge in [0.2, 0.25) is 0 Å². The van der Waals surface area contributed by atoms with Gasteiger partial charge in [0.25, 0.3) is 0 Å². The number of nitrogens with zero attached hydrogens (tertiary/aromatic N) is 4. The van der Waals surface area contributed by atoms with Crippen LogP contribution in [0.4, 0.5) is 34.1 Å². The fraction of sp³-hybridized carbons (Fsp3) is 0. The van der Waals surface area contributed by atoms with Gasteiger partial charge in [0.1, 0.15) is 11.2 Å². The van der Waals surface area contributed by atoms with Gasteiger partial charge in [-0.15, -0.1) is 0 Å². The maximum Gasteiger partial charge on any atom is 0.159 e. The van der Waals surface area contributed by atoms with E-state index in [2.05, 4.69) is 334 Å². The molecule has 0 radical (unpaired) electrons. The average Bonchev–Trinajstić information content (AvgIpc) is 1.49. The van der Waals surface area contributed by atoms with E-state index in [-0.39, 0.29) is 0 Å². The van der Waals surface area contributed by atoms with Gasteiger partial charge in [-0.1, -0.05) is 243 Å². The van der Waals surface area contributed by atoms with Crippen molar-refractivity contribution in [3.8, 4) is 44.5 Å². The van der Waals surface area contributed by atoms with Gasteiger partial charge in [-0.2, -0.15) is 0 Å². The third-order valence-electron chi connectivity index (χ3n) is 20.3. The first-order valence-electron chi connectivity index (χ1n) is 32.9. The van der Waals surface area contributed by atoms with Gasteiger partial charge in [-0.3, -0.25) is 0 Å². The molecule has 0 fully saturated rings. The lowest BCUT2D eigenvalue weighted by Crippen LogP contribution is -2.10. The molecular weight excluding hydrogens is 1170 g/mol. The summed E-state index contributed by atoms with van der Waals surface area (Å²) in [4.78, 5) is 4.67. The van der Waals surface area contributed by atoms with Gasteiger partial charge in [-0.05, 0) is 118 Å². The summed E-state index contributed by atoms with van der Waals surface area (Å²) in [5.74, 6) is 0. The number of anilines is 6. The molecule has 15 aromatic carbocycles. The Morgan fingerprint density at radius 2 is 0.552 bits per heavy atom.